The summed E-state index contributed by atoms with van der Waals surface area (Å²) in [6.45, 7) is 0. The van der Waals surface area contributed by atoms with Gasteiger partial charge in [-0.1, -0.05) is 30.3 Å². The maximum Gasteiger partial charge on any atom is 0.260 e. The van der Waals surface area contributed by atoms with Crippen LogP contribution < -0.4 is 10.8 Å². The summed E-state index contributed by atoms with van der Waals surface area (Å²) in [4.78, 5) is 16.1. The van der Waals surface area contributed by atoms with E-state index >= 15 is 0 Å². The molecule has 0 fully saturated rings. The first-order chi connectivity index (χ1) is 7.27. The topological polar surface area (TPSA) is 50.4 Å². The molecule has 1 aromatic rings. The molecule has 0 unspecified atom stereocenters. The number of hydrogen-bond donors (Lipinski definition) is 2. The van der Waals surface area contributed by atoms with Crippen LogP contribution in [0.2, 0.25) is 0 Å². The molecule has 1 amide bonds. The molecular weight excluding hydrogens is 192 g/mol. The van der Waals surface area contributed by atoms with Gasteiger partial charge >= 0.3 is 0 Å². The van der Waals surface area contributed by atoms with Crippen molar-refractivity contribution < 1.29 is 9.63 Å². The van der Waals surface area contributed by atoms with Crippen LogP contribution in [0, 0.1) is 0 Å². The highest BCUT2D eigenvalue weighted by Crippen LogP contribution is 2.02. The van der Waals surface area contributed by atoms with Crippen molar-refractivity contribution in [1.29, 1.82) is 0 Å². The van der Waals surface area contributed by atoms with Crippen LogP contribution in [0.5, 0.6) is 0 Å². The summed E-state index contributed by atoms with van der Waals surface area (Å²) >= 11 is 0. The molecule has 82 valence electrons. The minimum absolute atomic E-state index is 0.163. The van der Waals surface area contributed by atoms with E-state index in [0.29, 0.717) is 6.42 Å². The number of nitrogens with one attached hydrogen (secondary N) is 2. The third kappa shape index (κ3) is 3.69. The quantitative estimate of drug-likeness (QED) is 0.693. The molecule has 0 spiro atoms. The minimum Gasteiger partial charge on any atom is -0.309 e. The summed E-state index contributed by atoms with van der Waals surface area (Å²) < 4.78 is 0. The van der Waals surface area contributed by atoms with Crippen LogP contribution in [0.1, 0.15) is 5.56 Å². The molecule has 0 aliphatic rings. The fourth-order valence-electron chi connectivity index (χ4n) is 1.35. The van der Waals surface area contributed by atoms with Crippen molar-refractivity contribution >= 4 is 5.91 Å². The summed E-state index contributed by atoms with van der Waals surface area (Å²) in [7, 11) is 3.18. The maximum atomic E-state index is 11.5. The lowest BCUT2D eigenvalue weighted by molar-refractivity contribution is -0.133. The van der Waals surface area contributed by atoms with Crippen LogP contribution in [-0.2, 0) is 16.1 Å². The number of amides is 1. The first kappa shape index (κ1) is 11.7. The predicted molar refractivity (Wildman–Crippen MR) is 58.1 cm³/mol. The van der Waals surface area contributed by atoms with E-state index in [0.717, 1.165) is 5.56 Å². The lowest BCUT2D eigenvalue weighted by atomic mass is 10.1. The van der Waals surface area contributed by atoms with Crippen LogP contribution in [0.15, 0.2) is 30.3 Å². The van der Waals surface area contributed by atoms with Crippen LogP contribution in [0.4, 0.5) is 0 Å². The number of carbonyl (C=O) groups excluding carboxylic acids is 1. The predicted octanol–water partition coefficient (Wildman–Crippen LogP) is 0.495. The highest BCUT2D eigenvalue weighted by Gasteiger charge is 2.16. The Kier molecular flexibility index (Phi) is 4.80. The van der Waals surface area contributed by atoms with Gasteiger partial charge in [0, 0.05) is 0 Å². The van der Waals surface area contributed by atoms with E-state index in [9.17, 15) is 4.79 Å². The molecule has 1 aromatic carbocycles. The van der Waals surface area contributed by atoms with Gasteiger partial charge in [-0.3, -0.25) is 9.63 Å². The number of likely N-dealkylation sites (N-methyl/N-ethyl adjacent to an activating group) is 1. The third-order valence-electron chi connectivity index (χ3n) is 2.15. The molecule has 1 atom stereocenters. The van der Waals surface area contributed by atoms with Gasteiger partial charge in [0.15, 0.2) is 0 Å². The van der Waals surface area contributed by atoms with E-state index in [1.807, 2.05) is 30.3 Å². The Balaban J connectivity index is 2.58. The first-order valence-corrected chi connectivity index (χ1v) is 4.82. The molecular formula is C11H16N2O2. The maximum absolute atomic E-state index is 11.5. The summed E-state index contributed by atoms with van der Waals surface area (Å²) in [5.41, 5.74) is 3.43. The Morgan fingerprint density at radius 3 is 2.60 bits per heavy atom. The highest BCUT2D eigenvalue weighted by molar-refractivity contribution is 5.81. The molecule has 15 heavy (non-hydrogen) atoms. The molecule has 4 heteroatoms. The van der Waals surface area contributed by atoms with Crippen molar-refractivity contribution in [2.75, 3.05) is 14.2 Å². The van der Waals surface area contributed by atoms with Crippen molar-refractivity contribution in [2.45, 2.75) is 12.5 Å². The number of rotatable bonds is 5. The monoisotopic (exact) mass is 208 g/mol. The van der Waals surface area contributed by atoms with E-state index in [-0.39, 0.29) is 11.9 Å². The minimum atomic E-state index is -0.271. The Bertz CT molecular complexity index is 301. The second kappa shape index (κ2) is 6.16. The second-order valence-electron chi connectivity index (χ2n) is 3.20. The number of benzene rings is 1. The van der Waals surface area contributed by atoms with Crippen LogP contribution >= 0.6 is 0 Å². The van der Waals surface area contributed by atoms with E-state index in [4.69, 9.17) is 0 Å². The molecule has 2 N–H and O–H groups in total. The van der Waals surface area contributed by atoms with Crippen LogP contribution in [-0.4, -0.2) is 26.1 Å². The molecule has 0 heterocycles. The zero-order valence-electron chi connectivity index (χ0n) is 8.99. The second-order valence-corrected chi connectivity index (χ2v) is 3.20. The smallest absolute Gasteiger partial charge is 0.260 e. The fraction of sp³-hybridized carbons (Fsp3) is 0.364. The molecule has 0 aliphatic carbocycles. The van der Waals surface area contributed by atoms with Gasteiger partial charge in [-0.25, -0.2) is 5.48 Å². The standard InChI is InChI=1S/C11H16N2O2/c1-12-10(11(14)13-15-2)8-9-6-4-3-5-7-9/h3-7,10,12H,8H2,1-2H3,(H,13,14)/t10-/m1/s1. The molecule has 0 bridgehead atoms. The zero-order valence-corrected chi connectivity index (χ0v) is 8.99. The number of carbonyl (C=O) groups is 1. The fourth-order valence-corrected chi connectivity index (χ4v) is 1.35. The van der Waals surface area contributed by atoms with Gasteiger partial charge in [-0.15, -0.1) is 0 Å². The highest BCUT2D eigenvalue weighted by atomic mass is 16.6. The molecule has 4 nitrogen and oxygen atoms in total. The van der Waals surface area contributed by atoms with Gasteiger partial charge in [0.25, 0.3) is 5.91 Å². The van der Waals surface area contributed by atoms with Gasteiger partial charge in [-0.2, -0.15) is 0 Å². The van der Waals surface area contributed by atoms with E-state index in [2.05, 4.69) is 15.6 Å². The molecule has 0 saturated carbocycles. The molecule has 0 aromatic heterocycles. The Hall–Kier alpha value is -1.39. The third-order valence-corrected chi connectivity index (χ3v) is 2.15. The Morgan fingerprint density at radius 2 is 2.07 bits per heavy atom. The Morgan fingerprint density at radius 1 is 1.40 bits per heavy atom. The van der Waals surface area contributed by atoms with E-state index < -0.39 is 0 Å². The lowest BCUT2D eigenvalue weighted by Gasteiger charge is -2.14. The van der Waals surface area contributed by atoms with Crippen molar-refractivity contribution in [3.05, 3.63) is 35.9 Å². The average molecular weight is 208 g/mol. The summed E-state index contributed by atoms with van der Waals surface area (Å²) in [5.74, 6) is -0.163. The Labute approximate surface area is 89.6 Å². The van der Waals surface area contributed by atoms with Crippen molar-refractivity contribution in [1.82, 2.24) is 10.8 Å². The SMILES string of the molecule is CN[C@H](Cc1ccccc1)C(=O)NOC. The van der Waals surface area contributed by atoms with E-state index in [1.54, 1.807) is 7.05 Å². The van der Waals surface area contributed by atoms with Gasteiger partial charge < -0.3 is 5.32 Å². The zero-order chi connectivity index (χ0) is 11.1. The molecule has 0 saturated heterocycles. The molecule has 0 radical (unpaired) electrons. The van der Waals surface area contributed by atoms with Gasteiger partial charge in [0.2, 0.25) is 0 Å². The van der Waals surface area contributed by atoms with Crippen LogP contribution in [0.3, 0.4) is 0 Å². The summed E-state index contributed by atoms with van der Waals surface area (Å²) in [5, 5.41) is 2.94. The molecule has 0 aliphatic heterocycles. The lowest BCUT2D eigenvalue weighted by Crippen LogP contribution is -2.43. The van der Waals surface area contributed by atoms with Crippen molar-refractivity contribution in [3.8, 4) is 0 Å². The number of hydrogen-bond acceptors (Lipinski definition) is 3. The first-order valence-electron chi connectivity index (χ1n) is 4.82. The van der Waals surface area contributed by atoms with Gasteiger partial charge in [-0.05, 0) is 19.0 Å². The summed E-state index contributed by atoms with van der Waals surface area (Å²) in [6.07, 6.45) is 0.645. The number of hydroxylamine groups is 1. The van der Waals surface area contributed by atoms with Crippen molar-refractivity contribution in [3.63, 3.8) is 0 Å². The molecule has 1 rings (SSSR count). The summed E-state index contributed by atoms with van der Waals surface area (Å²) in [6, 6.07) is 9.57. The van der Waals surface area contributed by atoms with Crippen LogP contribution in [0.25, 0.3) is 0 Å². The largest absolute Gasteiger partial charge is 0.309 e. The average Bonchev–Trinajstić information content (AvgIpc) is 2.27. The van der Waals surface area contributed by atoms with Crippen molar-refractivity contribution in [2.24, 2.45) is 0 Å². The van der Waals surface area contributed by atoms with E-state index in [1.165, 1.54) is 7.11 Å². The van der Waals surface area contributed by atoms with Gasteiger partial charge in [0.1, 0.15) is 0 Å². The normalized spacial score (nSPS) is 12.1. The van der Waals surface area contributed by atoms with Gasteiger partial charge in [0.05, 0.1) is 13.2 Å².